The van der Waals surface area contributed by atoms with E-state index in [1.165, 1.54) is 6.07 Å². The zero-order valence-corrected chi connectivity index (χ0v) is 14.5. The maximum atomic E-state index is 13.5. The summed E-state index contributed by atoms with van der Waals surface area (Å²) >= 11 is 5.78. The average molecular weight is 368 g/mol. The minimum absolute atomic E-state index is 0.0999. The lowest BCUT2D eigenvalue weighted by Gasteiger charge is -2.24. The Balaban J connectivity index is 2.99. The van der Waals surface area contributed by atoms with E-state index in [9.17, 15) is 17.6 Å². The van der Waals surface area contributed by atoms with Crippen LogP contribution in [-0.4, -0.2) is 30.4 Å². The second kappa shape index (κ2) is 7.46. The number of alkyl carbamates (subject to hydrolysis) is 1. The van der Waals surface area contributed by atoms with Crippen LogP contribution in [0, 0.1) is 5.82 Å². The Labute approximate surface area is 139 Å². The minimum Gasteiger partial charge on any atom is -0.444 e. The van der Waals surface area contributed by atoms with E-state index in [2.05, 4.69) is 5.32 Å². The lowest BCUT2D eigenvalue weighted by atomic mass is 10.0. The number of nitrogens with one attached hydrogen (secondary N) is 1. The molecule has 0 aliphatic heterocycles. The van der Waals surface area contributed by atoms with E-state index in [1.807, 2.05) is 0 Å². The zero-order chi connectivity index (χ0) is 17.8. The highest BCUT2D eigenvalue weighted by Crippen LogP contribution is 2.23. The number of rotatable bonds is 5. The second-order valence-electron chi connectivity index (χ2n) is 5.98. The number of carbonyl (C=O) groups excluding carboxylic acids is 1. The van der Waals surface area contributed by atoms with E-state index < -0.39 is 39.4 Å². The number of halogens is 2. The van der Waals surface area contributed by atoms with Crippen molar-refractivity contribution in [1.29, 1.82) is 0 Å². The van der Waals surface area contributed by atoms with Gasteiger partial charge >= 0.3 is 6.09 Å². The summed E-state index contributed by atoms with van der Waals surface area (Å²) in [7, 11) is -4.24. The first-order valence-electron chi connectivity index (χ1n) is 6.76. The van der Waals surface area contributed by atoms with Gasteiger partial charge in [0.25, 0.3) is 10.1 Å². The number of amides is 1. The summed E-state index contributed by atoms with van der Waals surface area (Å²) in [6.07, 6.45) is -0.962. The molecule has 0 saturated heterocycles. The lowest BCUT2D eigenvalue weighted by Crippen LogP contribution is -2.35. The first-order chi connectivity index (χ1) is 10.4. The molecule has 0 aliphatic rings. The SMILES string of the molecule is CC(C)(C)OC(=O)NC(CCS(=O)(=O)O)c1cc(F)cc(Cl)c1. The van der Waals surface area contributed by atoms with Crippen LogP contribution in [0.15, 0.2) is 18.2 Å². The van der Waals surface area contributed by atoms with E-state index in [-0.39, 0.29) is 17.0 Å². The van der Waals surface area contributed by atoms with Crippen LogP contribution in [0.3, 0.4) is 0 Å². The number of benzene rings is 1. The third-order valence-electron chi connectivity index (χ3n) is 2.64. The third kappa shape index (κ3) is 8.15. The van der Waals surface area contributed by atoms with Crippen LogP contribution in [0.2, 0.25) is 5.02 Å². The topological polar surface area (TPSA) is 92.7 Å². The van der Waals surface area contributed by atoms with Gasteiger partial charge in [-0.25, -0.2) is 9.18 Å². The van der Waals surface area contributed by atoms with Crippen LogP contribution in [0.4, 0.5) is 9.18 Å². The maximum Gasteiger partial charge on any atom is 0.408 e. The summed E-state index contributed by atoms with van der Waals surface area (Å²) in [5, 5.41) is 2.55. The first-order valence-corrected chi connectivity index (χ1v) is 8.75. The summed E-state index contributed by atoms with van der Waals surface area (Å²) in [4.78, 5) is 11.9. The quantitative estimate of drug-likeness (QED) is 0.779. The van der Waals surface area contributed by atoms with Crippen molar-refractivity contribution in [3.8, 4) is 0 Å². The Morgan fingerprint density at radius 2 is 2.00 bits per heavy atom. The normalized spacial score (nSPS) is 13.5. The summed E-state index contributed by atoms with van der Waals surface area (Å²) in [5.41, 5.74) is -0.485. The Morgan fingerprint density at radius 1 is 1.39 bits per heavy atom. The molecule has 0 heterocycles. The van der Waals surface area contributed by atoms with Gasteiger partial charge in [-0.05, 0) is 51.0 Å². The van der Waals surface area contributed by atoms with Gasteiger partial charge < -0.3 is 10.1 Å². The van der Waals surface area contributed by atoms with Crippen LogP contribution in [0.1, 0.15) is 38.8 Å². The molecule has 1 unspecified atom stereocenters. The molecule has 1 rings (SSSR count). The standard InChI is InChI=1S/C14H19ClFNO5S/c1-14(2,3)22-13(18)17-12(4-5-23(19,20)21)9-6-10(15)8-11(16)7-9/h6-8,12H,4-5H2,1-3H3,(H,17,18)(H,19,20,21). The van der Waals surface area contributed by atoms with Gasteiger partial charge in [-0.2, -0.15) is 8.42 Å². The molecule has 130 valence electrons. The fourth-order valence-corrected chi connectivity index (χ4v) is 2.58. The first kappa shape index (κ1) is 19.7. The van der Waals surface area contributed by atoms with E-state index in [0.29, 0.717) is 0 Å². The predicted molar refractivity (Wildman–Crippen MR) is 84.6 cm³/mol. The molecule has 0 aliphatic carbocycles. The van der Waals surface area contributed by atoms with E-state index in [0.717, 1.165) is 12.1 Å². The molecule has 1 amide bonds. The average Bonchev–Trinajstić information content (AvgIpc) is 2.29. The van der Waals surface area contributed by atoms with Gasteiger partial charge in [0.2, 0.25) is 0 Å². The van der Waals surface area contributed by atoms with E-state index in [1.54, 1.807) is 20.8 Å². The summed E-state index contributed by atoms with van der Waals surface area (Å²) in [6, 6.07) is 2.72. The molecule has 1 aromatic carbocycles. The van der Waals surface area contributed by atoms with Crippen LogP contribution in [0.25, 0.3) is 0 Å². The minimum atomic E-state index is -4.24. The molecule has 2 N–H and O–H groups in total. The molecule has 1 aromatic rings. The smallest absolute Gasteiger partial charge is 0.408 e. The number of hydrogen-bond acceptors (Lipinski definition) is 4. The fourth-order valence-electron chi connectivity index (χ4n) is 1.82. The van der Waals surface area contributed by atoms with Crippen molar-refractivity contribution in [3.05, 3.63) is 34.6 Å². The largest absolute Gasteiger partial charge is 0.444 e. The van der Waals surface area contributed by atoms with E-state index >= 15 is 0 Å². The Morgan fingerprint density at radius 3 is 2.48 bits per heavy atom. The molecule has 0 aromatic heterocycles. The molecule has 9 heteroatoms. The van der Waals surface area contributed by atoms with Crippen LogP contribution >= 0.6 is 11.6 Å². The highest BCUT2D eigenvalue weighted by molar-refractivity contribution is 7.85. The van der Waals surface area contributed by atoms with Crippen LogP contribution in [0.5, 0.6) is 0 Å². The summed E-state index contributed by atoms with van der Waals surface area (Å²) < 4.78 is 49.3. The molecule has 0 radical (unpaired) electrons. The summed E-state index contributed by atoms with van der Waals surface area (Å²) in [6.45, 7) is 5.00. The molecule has 0 bridgehead atoms. The van der Waals surface area contributed by atoms with Gasteiger partial charge in [-0.1, -0.05) is 11.6 Å². The highest BCUT2D eigenvalue weighted by Gasteiger charge is 2.22. The van der Waals surface area contributed by atoms with Gasteiger partial charge in [-0.15, -0.1) is 0 Å². The Bertz CT molecular complexity index is 652. The van der Waals surface area contributed by atoms with Crippen molar-refractivity contribution in [2.24, 2.45) is 0 Å². The van der Waals surface area contributed by atoms with Gasteiger partial charge in [0, 0.05) is 5.02 Å². The molecular formula is C14H19ClFNO5S. The van der Waals surface area contributed by atoms with Crippen LogP contribution in [-0.2, 0) is 14.9 Å². The Kier molecular flexibility index (Phi) is 6.38. The van der Waals surface area contributed by atoms with Crippen molar-refractivity contribution >= 4 is 27.8 Å². The molecular weight excluding hydrogens is 349 g/mol. The van der Waals surface area contributed by atoms with Crippen molar-refractivity contribution in [3.63, 3.8) is 0 Å². The van der Waals surface area contributed by atoms with Gasteiger partial charge in [0.05, 0.1) is 11.8 Å². The van der Waals surface area contributed by atoms with Gasteiger partial charge in [0.1, 0.15) is 11.4 Å². The monoisotopic (exact) mass is 367 g/mol. The van der Waals surface area contributed by atoms with Crippen molar-refractivity contribution in [1.82, 2.24) is 5.32 Å². The molecule has 6 nitrogen and oxygen atoms in total. The third-order valence-corrected chi connectivity index (χ3v) is 3.61. The van der Waals surface area contributed by atoms with Crippen molar-refractivity contribution < 1.29 is 26.9 Å². The highest BCUT2D eigenvalue weighted by atomic mass is 35.5. The van der Waals surface area contributed by atoms with Crippen LogP contribution < -0.4 is 5.32 Å². The van der Waals surface area contributed by atoms with E-state index in [4.69, 9.17) is 20.9 Å². The molecule has 23 heavy (non-hydrogen) atoms. The zero-order valence-electron chi connectivity index (χ0n) is 13.0. The molecule has 0 saturated carbocycles. The molecule has 0 fully saturated rings. The molecule has 0 spiro atoms. The predicted octanol–water partition coefficient (Wildman–Crippen LogP) is 3.32. The van der Waals surface area contributed by atoms with Gasteiger partial charge in [0.15, 0.2) is 0 Å². The second-order valence-corrected chi connectivity index (χ2v) is 7.98. The fraction of sp³-hybridized carbons (Fsp3) is 0.500. The molecule has 1 atom stereocenters. The van der Waals surface area contributed by atoms with Gasteiger partial charge in [-0.3, -0.25) is 4.55 Å². The lowest BCUT2D eigenvalue weighted by molar-refractivity contribution is 0.0502. The van der Waals surface area contributed by atoms with Crippen molar-refractivity contribution in [2.45, 2.75) is 38.8 Å². The van der Waals surface area contributed by atoms with Crippen molar-refractivity contribution in [2.75, 3.05) is 5.75 Å². The Hall–Kier alpha value is -1.38. The number of ether oxygens (including phenoxy) is 1. The number of hydrogen-bond donors (Lipinski definition) is 2. The maximum absolute atomic E-state index is 13.5. The summed E-state index contributed by atoms with van der Waals surface area (Å²) in [5.74, 6) is -1.24. The number of carbonyl (C=O) groups is 1.